The summed E-state index contributed by atoms with van der Waals surface area (Å²) in [7, 11) is 0. The van der Waals surface area contributed by atoms with E-state index in [4.69, 9.17) is 0 Å². The summed E-state index contributed by atoms with van der Waals surface area (Å²) < 4.78 is 1.29. The van der Waals surface area contributed by atoms with Gasteiger partial charge in [-0.2, -0.15) is 0 Å². The van der Waals surface area contributed by atoms with Crippen LogP contribution in [0.25, 0.3) is 0 Å². The molecule has 0 aliphatic carbocycles. The summed E-state index contributed by atoms with van der Waals surface area (Å²) in [5.41, 5.74) is 4.18. The second-order valence-electron chi connectivity index (χ2n) is 5.19. The molecular formula is C18H22IN. The second-order valence-corrected chi connectivity index (χ2v) is 6.43. The molecule has 2 aromatic carbocycles. The molecule has 2 heteroatoms. The molecule has 0 radical (unpaired) electrons. The number of benzene rings is 2. The van der Waals surface area contributed by atoms with Crippen LogP contribution in [0.1, 0.15) is 36.1 Å². The Kier molecular flexibility index (Phi) is 6.05. The molecule has 0 fully saturated rings. The smallest absolute Gasteiger partial charge is 0.0360 e. The first-order valence-electron chi connectivity index (χ1n) is 7.24. The van der Waals surface area contributed by atoms with E-state index < -0.39 is 0 Å². The van der Waals surface area contributed by atoms with E-state index >= 15 is 0 Å². The molecule has 0 saturated carbocycles. The third kappa shape index (κ3) is 4.32. The van der Waals surface area contributed by atoms with Crippen LogP contribution in [-0.4, -0.2) is 6.54 Å². The van der Waals surface area contributed by atoms with E-state index in [0.29, 0.717) is 6.04 Å². The summed E-state index contributed by atoms with van der Waals surface area (Å²) in [5.74, 6) is 0. The van der Waals surface area contributed by atoms with Crippen molar-refractivity contribution in [2.75, 3.05) is 6.54 Å². The van der Waals surface area contributed by atoms with Crippen molar-refractivity contribution in [2.24, 2.45) is 0 Å². The zero-order valence-corrected chi connectivity index (χ0v) is 14.4. The maximum Gasteiger partial charge on any atom is 0.0360 e. The molecule has 2 rings (SSSR count). The third-order valence-corrected chi connectivity index (χ3v) is 4.32. The first-order valence-corrected chi connectivity index (χ1v) is 8.32. The highest BCUT2D eigenvalue weighted by atomic mass is 127. The predicted octanol–water partition coefficient (Wildman–Crippen LogP) is 4.88. The minimum atomic E-state index is 0.396. The average molecular weight is 379 g/mol. The van der Waals surface area contributed by atoms with Gasteiger partial charge >= 0.3 is 0 Å². The summed E-state index contributed by atoms with van der Waals surface area (Å²) in [6.45, 7) is 5.47. The SMILES string of the molecule is CCCNC(Cc1ccccc1C)c1ccc(I)cc1. The first kappa shape index (κ1) is 15.5. The lowest BCUT2D eigenvalue weighted by Gasteiger charge is -2.20. The zero-order valence-electron chi connectivity index (χ0n) is 12.2. The maximum absolute atomic E-state index is 3.68. The van der Waals surface area contributed by atoms with Crippen LogP contribution in [0.2, 0.25) is 0 Å². The summed E-state index contributed by atoms with van der Waals surface area (Å²) in [4.78, 5) is 0. The molecule has 0 saturated heterocycles. The fourth-order valence-corrected chi connectivity index (χ4v) is 2.74. The van der Waals surface area contributed by atoms with Gasteiger partial charge in [-0.05, 0) is 77.7 Å². The lowest BCUT2D eigenvalue weighted by atomic mass is 9.96. The number of hydrogen-bond acceptors (Lipinski definition) is 1. The molecule has 0 aliphatic rings. The Hall–Kier alpha value is -0.870. The highest BCUT2D eigenvalue weighted by Gasteiger charge is 2.12. The monoisotopic (exact) mass is 379 g/mol. The molecule has 0 aliphatic heterocycles. The molecule has 0 spiro atoms. The molecule has 1 atom stereocenters. The molecule has 106 valence electrons. The number of nitrogens with one attached hydrogen (secondary N) is 1. The molecule has 1 N–H and O–H groups in total. The number of hydrogen-bond donors (Lipinski definition) is 1. The number of rotatable bonds is 6. The van der Waals surface area contributed by atoms with Gasteiger partial charge in [-0.25, -0.2) is 0 Å². The largest absolute Gasteiger partial charge is 0.310 e. The molecule has 1 nitrogen and oxygen atoms in total. The zero-order chi connectivity index (χ0) is 14.4. The Morgan fingerprint density at radius 1 is 1.05 bits per heavy atom. The van der Waals surface area contributed by atoms with Gasteiger partial charge in [0, 0.05) is 9.61 Å². The third-order valence-electron chi connectivity index (χ3n) is 3.60. The van der Waals surface area contributed by atoms with E-state index in [1.54, 1.807) is 0 Å². The quantitative estimate of drug-likeness (QED) is 0.706. The van der Waals surface area contributed by atoms with Gasteiger partial charge in [0.15, 0.2) is 0 Å². The maximum atomic E-state index is 3.68. The van der Waals surface area contributed by atoms with Crippen molar-refractivity contribution in [3.8, 4) is 0 Å². The average Bonchev–Trinajstić information content (AvgIpc) is 2.46. The van der Waals surface area contributed by atoms with Gasteiger partial charge in [0.25, 0.3) is 0 Å². The standard InChI is InChI=1S/C18H22IN/c1-3-12-20-18(15-8-10-17(19)11-9-15)13-16-7-5-4-6-14(16)2/h4-11,18,20H,3,12-13H2,1-2H3. The van der Waals surface area contributed by atoms with Gasteiger partial charge in [0.1, 0.15) is 0 Å². The van der Waals surface area contributed by atoms with Crippen molar-refractivity contribution in [3.05, 3.63) is 68.8 Å². The Labute approximate surface area is 135 Å². The second kappa shape index (κ2) is 7.79. The highest BCUT2D eigenvalue weighted by Crippen LogP contribution is 2.21. The molecule has 0 bridgehead atoms. The Balaban J connectivity index is 2.19. The highest BCUT2D eigenvalue weighted by molar-refractivity contribution is 14.1. The van der Waals surface area contributed by atoms with Crippen molar-refractivity contribution >= 4 is 22.6 Å². The molecule has 2 aromatic rings. The van der Waals surface area contributed by atoms with Crippen molar-refractivity contribution in [3.63, 3.8) is 0 Å². The van der Waals surface area contributed by atoms with E-state index in [2.05, 4.69) is 90.3 Å². The molecule has 0 amide bonds. The van der Waals surface area contributed by atoms with Gasteiger partial charge in [-0.15, -0.1) is 0 Å². The van der Waals surface area contributed by atoms with Crippen LogP contribution in [0, 0.1) is 10.5 Å². The van der Waals surface area contributed by atoms with Crippen LogP contribution in [0.4, 0.5) is 0 Å². The molecule has 0 heterocycles. The van der Waals surface area contributed by atoms with E-state index in [1.807, 2.05) is 0 Å². The molecular weight excluding hydrogens is 357 g/mol. The fraction of sp³-hybridized carbons (Fsp3) is 0.333. The summed E-state index contributed by atoms with van der Waals surface area (Å²) in [5, 5.41) is 3.68. The Morgan fingerprint density at radius 2 is 1.75 bits per heavy atom. The first-order chi connectivity index (χ1) is 9.70. The lowest BCUT2D eigenvalue weighted by Crippen LogP contribution is -2.24. The van der Waals surface area contributed by atoms with Crippen molar-refractivity contribution in [2.45, 2.75) is 32.7 Å². The van der Waals surface area contributed by atoms with E-state index in [0.717, 1.165) is 19.4 Å². The lowest BCUT2D eigenvalue weighted by molar-refractivity contribution is 0.528. The summed E-state index contributed by atoms with van der Waals surface area (Å²) in [6.07, 6.45) is 2.21. The fourth-order valence-electron chi connectivity index (χ4n) is 2.38. The topological polar surface area (TPSA) is 12.0 Å². The van der Waals surface area contributed by atoms with Crippen LogP contribution in [0.3, 0.4) is 0 Å². The van der Waals surface area contributed by atoms with Crippen LogP contribution in [-0.2, 0) is 6.42 Å². The van der Waals surface area contributed by atoms with Crippen LogP contribution in [0.5, 0.6) is 0 Å². The predicted molar refractivity (Wildman–Crippen MR) is 95.1 cm³/mol. The van der Waals surface area contributed by atoms with Gasteiger partial charge in [0.2, 0.25) is 0 Å². The van der Waals surface area contributed by atoms with Crippen LogP contribution < -0.4 is 5.32 Å². The Bertz CT molecular complexity index is 533. The van der Waals surface area contributed by atoms with Gasteiger partial charge in [-0.3, -0.25) is 0 Å². The van der Waals surface area contributed by atoms with Gasteiger partial charge in [-0.1, -0.05) is 43.3 Å². The normalized spacial score (nSPS) is 12.3. The molecule has 1 unspecified atom stereocenters. The summed E-state index contributed by atoms with van der Waals surface area (Å²) >= 11 is 2.36. The van der Waals surface area contributed by atoms with E-state index in [-0.39, 0.29) is 0 Å². The van der Waals surface area contributed by atoms with E-state index in [1.165, 1.54) is 20.3 Å². The van der Waals surface area contributed by atoms with Crippen LogP contribution >= 0.6 is 22.6 Å². The van der Waals surface area contributed by atoms with E-state index in [9.17, 15) is 0 Å². The minimum absolute atomic E-state index is 0.396. The number of halogens is 1. The van der Waals surface area contributed by atoms with Crippen LogP contribution in [0.15, 0.2) is 48.5 Å². The molecule has 20 heavy (non-hydrogen) atoms. The minimum Gasteiger partial charge on any atom is -0.310 e. The number of aryl methyl sites for hydroxylation is 1. The van der Waals surface area contributed by atoms with Crippen molar-refractivity contribution in [1.29, 1.82) is 0 Å². The van der Waals surface area contributed by atoms with Crippen molar-refractivity contribution in [1.82, 2.24) is 5.32 Å². The Morgan fingerprint density at radius 3 is 2.40 bits per heavy atom. The summed E-state index contributed by atoms with van der Waals surface area (Å²) in [6, 6.07) is 17.9. The molecule has 0 aromatic heterocycles. The van der Waals surface area contributed by atoms with Crippen molar-refractivity contribution < 1.29 is 0 Å². The van der Waals surface area contributed by atoms with Gasteiger partial charge in [0.05, 0.1) is 0 Å². The van der Waals surface area contributed by atoms with Gasteiger partial charge < -0.3 is 5.32 Å².